The largest absolute Gasteiger partial charge is 0.337 e. The first-order valence-corrected chi connectivity index (χ1v) is 11.9. The predicted molar refractivity (Wildman–Crippen MR) is 116 cm³/mol. The van der Waals surface area contributed by atoms with Gasteiger partial charge < -0.3 is 10.6 Å². The molecule has 2 aromatic rings. The fraction of sp³-hybridized carbons (Fsp3) is 0.318. The molecule has 2 aromatic carbocycles. The first-order chi connectivity index (χ1) is 15.3. The standard InChI is InChI=1S/C22H24N4O5S/c27-20-19-7-2-1-4-16(19)14-26(20)22(29)23-13-12-15-8-10-18(11-9-15)32(30,31)25-21(28)24-17-5-3-6-17/h1-2,4,7-11,17H,3,5-6,12-14H2,(H,23,29)(H2,24,25,28). The molecule has 9 nitrogen and oxygen atoms in total. The van der Waals surface area contributed by atoms with Gasteiger partial charge in [-0.25, -0.2) is 22.7 Å². The summed E-state index contributed by atoms with van der Waals surface area (Å²) < 4.78 is 26.7. The Morgan fingerprint density at radius 2 is 1.75 bits per heavy atom. The Morgan fingerprint density at radius 1 is 1.03 bits per heavy atom. The van der Waals surface area contributed by atoms with Crippen LogP contribution in [0.5, 0.6) is 0 Å². The summed E-state index contributed by atoms with van der Waals surface area (Å²) in [4.78, 5) is 37.7. The second-order valence-electron chi connectivity index (χ2n) is 7.88. The zero-order valence-electron chi connectivity index (χ0n) is 17.3. The second-order valence-corrected chi connectivity index (χ2v) is 9.56. The molecule has 32 heavy (non-hydrogen) atoms. The van der Waals surface area contributed by atoms with Gasteiger partial charge in [-0.1, -0.05) is 30.3 Å². The Morgan fingerprint density at radius 3 is 2.41 bits per heavy atom. The monoisotopic (exact) mass is 456 g/mol. The molecule has 1 saturated carbocycles. The molecule has 0 bridgehead atoms. The summed E-state index contributed by atoms with van der Waals surface area (Å²) in [5.41, 5.74) is 2.16. The number of benzene rings is 2. The zero-order chi connectivity index (χ0) is 22.7. The summed E-state index contributed by atoms with van der Waals surface area (Å²) in [6.07, 6.45) is 3.20. The van der Waals surface area contributed by atoms with Crippen molar-refractivity contribution in [3.8, 4) is 0 Å². The van der Waals surface area contributed by atoms with E-state index in [1.165, 1.54) is 17.0 Å². The minimum Gasteiger partial charge on any atom is -0.337 e. The number of sulfonamides is 1. The van der Waals surface area contributed by atoms with E-state index in [1.807, 2.05) is 16.9 Å². The molecule has 0 radical (unpaired) electrons. The van der Waals surface area contributed by atoms with Crippen LogP contribution in [0.25, 0.3) is 0 Å². The van der Waals surface area contributed by atoms with Crippen molar-refractivity contribution in [1.82, 2.24) is 20.3 Å². The average Bonchev–Trinajstić information content (AvgIpc) is 3.08. The summed E-state index contributed by atoms with van der Waals surface area (Å²) >= 11 is 0. The molecular formula is C22H24N4O5S. The lowest BCUT2D eigenvalue weighted by Gasteiger charge is -2.26. The van der Waals surface area contributed by atoms with E-state index in [9.17, 15) is 22.8 Å². The predicted octanol–water partition coefficient (Wildman–Crippen LogP) is 2.14. The minimum atomic E-state index is -3.96. The first-order valence-electron chi connectivity index (χ1n) is 10.4. The SMILES string of the molecule is O=C(NC1CCC1)NS(=O)(=O)c1ccc(CCNC(=O)N2Cc3ccccc3C2=O)cc1. The van der Waals surface area contributed by atoms with Crippen molar-refractivity contribution in [2.24, 2.45) is 0 Å². The average molecular weight is 457 g/mol. The molecule has 1 heterocycles. The summed E-state index contributed by atoms with van der Waals surface area (Å²) in [5.74, 6) is -0.318. The number of carbonyl (C=O) groups excluding carboxylic acids is 3. The quantitative estimate of drug-likeness (QED) is 0.614. The van der Waals surface area contributed by atoms with Crippen molar-refractivity contribution in [3.63, 3.8) is 0 Å². The van der Waals surface area contributed by atoms with Crippen molar-refractivity contribution >= 4 is 28.0 Å². The molecule has 0 atom stereocenters. The third-order valence-corrected chi connectivity index (χ3v) is 7.00. The van der Waals surface area contributed by atoms with E-state index < -0.39 is 22.1 Å². The van der Waals surface area contributed by atoms with Crippen LogP contribution >= 0.6 is 0 Å². The van der Waals surface area contributed by atoms with Crippen LogP contribution in [0.4, 0.5) is 9.59 Å². The van der Waals surface area contributed by atoms with E-state index in [0.29, 0.717) is 12.0 Å². The highest BCUT2D eigenvalue weighted by molar-refractivity contribution is 7.90. The van der Waals surface area contributed by atoms with Gasteiger partial charge >= 0.3 is 12.1 Å². The van der Waals surface area contributed by atoms with Gasteiger partial charge in [0.25, 0.3) is 15.9 Å². The molecule has 0 aromatic heterocycles. The van der Waals surface area contributed by atoms with E-state index in [0.717, 1.165) is 30.4 Å². The third-order valence-electron chi connectivity index (χ3n) is 5.66. The number of imide groups is 1. The molecular weight excluding hydrogens is 432 g/mol. The van der Waals surface area contributed by atoms with E-state index in [1.54, 1.807) is 24.3 Å². The summed E-state index contributed by atoms with van der Waals surface area (Å²) in [6, 6.07) is 12.0. The smallest absolute Gasteiger partial charge is 0.328 e. The van der Waals surface area contributed by atoms with Crippen LogP contribution in [0, 0.1) is 0 Å². The summed E-state index contributed by atoms with van der Waals surface area (Å²) in [5, 5.41) is 5.35. The molecule has 0 spiro atoms. The van der Waals surface area contributed by atoms with Crippen LogP contribution in [0.2, 0.25) is 0 Å². The Balaban J connectivity index is 1.26. The van der Waals surface area contributed by atoms with E-state index in [2.05, 4.69) is 10.6 Å². The Bertz CT molecular complexity index is 1140. The normalized spacial score (nSPS) is 15.6. The van der Waals surface area contributed by atoms with Crippen LogP contribution in [0.15, 0.2) is 53.4 Å². The first kappa shape index (κ1) is 21.8. The molecule has 2 aliphatic rings. The lowest BCUT2D eigenvalue weighted by Crippen LogP contribution is -2.46. The van der Waals surface area contributed by atoms with Gasteiger partial charge in [0.05, 0.1) is 11.4 Å². The van der Waals surface area contributed by atoms with Crippen LogP contribution < -0.4 is 15.4 Å². The van der Waals surface area contributed by atoms with Crippen molar-refractivity contribution in [2.75, 3.05) is 6.54 Å². The fourth-order valence-electron chi connectivity index (χ4n) is 3.61. The van der Waals surface area contributed by atoms with Gasteiger partial charge in [-0.2, -0.15) is 0 Å². The van der Waals surface area contributed by atoms with Gasteiger partial charge in [0.15, 0.2) is 0 Å². The molecule has 1 fully saturated rings. The number of carbonyl (C=O) groups is 3. The molecule has 1 aliphatic heterocycles. The Kier molecular flexibility index (Phi) is 6.13. The van der Waals surface area contributed by atoms with Gasteiger partial charge in [0.1, 0.15) is 0 Å². The molecule has 168 valence electrons. The van der Waals surface area contributed by atoms with Crippen LogP contribution in [0.1, 0.15) is 40.7 Å². The highest BCUT2D eigenvalue weighted by atomic mass is 32.2. The van der Waals surface area contributed by atoms with Crippen molar-refractivity contribution in [2.45, 2.75) is 43.2 Å². The lowest BCUT2D eigenvalue weighted by atomic mass is 9.93. The number of hydrogen-bond acceptors (Lipinski definition) is 5. The van der Waals surface area contributed by atoms with Crippen LogP contribution in [-0.4, -0.2) is 43.9 Å². The molecule has 3 N–H and O–H groups in total. The highest BCUT2D eigenvalue weighted by Gasteiger charge is 2.31. The Hall–Kier alpha value is -3.40. The van der Waals surface area contributed by atoms with Crippen molar-refractivity contribution in [1.29, 1.82) is 0 Å². The van der Waals surface area contributed by atoms with Crippen LogP contribution in [-0.2, 0) is 23.0 Å². The number of amides is 5. The number of hydrogen-bond donors (Lipinski definition) is 3. The highest BCUT2D eigenvalue weighted by Crippen LogP contribution is 2.22. The molecule has 0 unspecified atom stereocenters. The third kappa shape index (κ3) is 4.75. The maximum absolute atomic E-state index is 12.4. The number of rotatable bonds is 6. The maximum Gasteiger partial charge on any atom is 0.328 e. The number of urea groups is 2. The summed E-state index contributed by atoms with van der Waals surface area (Å²) in [6.45, 7) is 0.530. The number of nitrogens with zero attached hydrogens (tertiary/aromatic N) is 1. The van der Waals surface area contributed by atoms with Crippen LogP contribution in [0.3, 0.4) is 0 Å². The van der Waals surface area contributed by atoms with Gasteiger partial charge in [-0.15, -0.1) is 0 Å². The second kappa shape index (κ2) is 8.99. The number of nitrogens with one attached hydrogen (secondary N) is 3. The minimum absolute atomic E-state index is 0.0190. The molecule has 5 amide bonds. The van der Waals surface area contributed by atoms with E-state index in [4.69, 9.17) is 0 Å². The van der Waals surface area contributed by atoms with Gasteiger partial charge in [-0.05, 0) is 55.0 Å². The van der Waals surface area contributed by atoms with Gasteiger partial charge in [-0.3, -0.25) is 9.69 Å². The summed E-state index contributed by atoms with van der Waals surface area (Å²) in [7, 11) is -3.96. The van der Waals surface area contributed by atoms with Gasteiger partial charge in [0, 0.05) is 18.2 Å². The van der Waals surface area contributed by atoms with Crippen molar-refractivity contribution < 1.29 is 22.8 Å². The van der Waals surface area contributed by atoms with E-state index in [-0.39, 0.29) is 29.9 Å². The molecule has 10 heteroatoms. The number of fused-ring (bicyclic) bond motifs is 1. The maximum atomic E-state index is 12.4. The van der Waals surface area contributed by atoms with Gasteiger partial charge in [0.2, 0.25) is 0 Å². The fourth-order valence-corrected chi connectivity index (χ4v) is 4.53. The lowest BCUT2D eigenvalue weighted by molar-refractivity contribution is 0.0821. The zero-order valence-corrected chi connectivity index (χ0v) is 18.2. The topological polar surface area (TPSA) is 125 Å². The van der Waals surface area contributed by atoms with E-state index >= 15 is 0 Å². The molecule has 1 aliphatic carbocycles. The molecule has 4 rings (SSSR count). The van der Waals surface area contributed by atoms with Crippen molar-refractivity contribution in [3.05, 3.63) is 65.2 Å². The molecule has 0 saturated heterocycles. The Labute approximate surface area is 186 Å².